The van der Waals surface area contributed by atoms with E-state index < -0.39 is 23.5 Å². The van der Waals surface area contributed by atoms with Crippen molar-refractivity contribution in [2.24, 2.45) is 0 Å². The molecular formula is C15H15F3O4. The lowest BCUT2D eigenvalue weighted by Gasteiger charge is -2.38. The third kappa shape index (κ3) is 2.68. The van der Waals surface area contributed by atoms with Crippen molar-refractivity contribution < 1.29 is 32.2 Å². The molecule has 120 valence electrons. The molecule has 2 rings (SSSR count). The average molecular weight is 316 g/mol. The number of esters is 1. The lowest BCUT2D eigenvalue weighted by Crippen LogP contribution is -2.57. The molecule has 7 heteroatoms. The fraction of sp³-hybridized carbons (Fsp3) is 0.400. The summed E-state index contributed by atoms with van der Waals surface area (Å²) in [5.74, 6) is -4.30. The summed E-state index contributed by atoms with van der Waals surface area (Å²) < 4.78 is 55.6. The normalized spacial score (nSPS) is 20.7. The molecule has 22 heavy (non-hydrogen) atoms. The van der Waals surface area contributed by atoms with Gasteiger partial charge in [-0.3, -0.25) is 0 Å². The number of carbonyl (C=O) groups excluding carboxylic acids is 1. The summed E-state index contributed by atoms with van der Waals surface area (Å²) in [6.45, 7) is 2.54. The Bertz CT molecular complexity index is 595. The van der Waals surface area contributed by atoms with Gasteiger partial charge < -0.3 is 14.2 Å². The van der Waals surface area contributed by atoms with Crippen molar-refractivity contribution in [2.75, 3.05) is 13.2 Å². The monoisotopic (exact) mass is 316 g/mol. The maximum Gasteiger partial charge on any atom is 0.460 e. The summed E-state index contributed by atoms with van der Waals surface area (Å²) in [5.41, 5.74) is -0.368. The fourth-order valence-corrected chi connectivity index (χ4v) is 2.16. The standard InChI is InChI=1S/C15H15F3O4/c1-3-20-13(19)11-9-10-7-5-6-8-12(10)22-14(11,21-4-2)15(16,17)18/h5-9H,3-4H2,1-2H3/t14-/m0/s1. The van der Waals surface area contributed by atoms with E-state index in [4.69, 9.17) is 14.2 Å². The van der Waals surface area contributed by atoms with Crippen molar-refractivity contribution in [3.8, 4) is 5.75 Å². The molecule has 0 aliphatic carbocycles. The molecule has 0 bridgehead atoms. The quantitative estimate of drug-likeness (QED) is 0.799. The molecule has 0 unspecified atom stereocenters. The van der Waals surface area contributed by atoms with Crippen LogP contribution in [0.4, 0.5) is 13.2 Å². The lowest BCUT2D eigenvalue weighted by atomic mass is 9.97. The van der Waals surface area contributed by atoms with Crippen LogP contribution in [0.1, 0.15) is 19.4 Å². The van der Waals surface area contributed by atoms with Crippen LogP contribution in [0, 0.1) is 0 Å². The molecule has 0 N–H and O–H groups in total. The zero-order chi connectivity index (χ0) is 16.4. The minimum absolute atomic E-state index is 0.0127. The van der Waals surface area contributed by atoms with E-state index in [2.05, 4.69) is 0 Å². The number of benzene rings is 1. The predicted octanol–water partition coefficient (Wildman–Crippen LogP) is 3.32. The summed E-state index contributed by atoms with van der Waals surface area (Å²) in [6.07, 6.45) is -3.85. The number of halogens is 3. The number of fused-ring (bicyclic) bond motifs is 1. The Kier molecular flexibility index (Phi) is 4.46. The van der Waals surface area contributed by atoms with Crippen LogP contribution in [-0.4, -0.2) is 31.1 Å². The molecule has 0 spiro atoms. The van der Waals surface area contributed by atoms with Gasteiger partial charge >= 0.3 is 17.9 Å². The summed E-state index contributed by atoms with van der Waals surface area (Å²) in [4.78, 5) is 12.0. The van der Waals surface area contributed by atoms with E-state index in [0.717, 1.165) is 6.08 Å². The Balaban J connectivity index is 2.63. The number of hydrogen-bond donors (Lipinski definition) is 0. The third-order valence-electron chi connectivity index (χ3n) is 3.04. The van der Waals surface area contributed by atoms with Crippen LogP contribution in [0.2, 0.25) is 0 Å². The zero-order valence-corrected chi connectivity index (χ0v) is 12.1. The lowest BCUT2D eigenvalue weighted by molar-refractivity contribution is -0.332. The van der Waals surface area contributed by atoms with E-state index in [0.29, 0.717) is 5.56 Å². The van der Waals surface area contributed by atoms with Crippen LogP contribution in [0.5, 0.6) is 5.75 Å². The minimum atomic E-state index is -4.95. The molecule has 1 aliphatic rings. The van der Waals surface area contributed by atoms with Gasteiger partial charge in [0, 0.05) is 12.2 Å². The van der Waals surface area contributed by atoms with Crippen LogP contribution in [0.3, 0.4) is 0 Å². The molecule has 0 saturated carbocycles. The van der Waals surface area contributed by atoms with Gasteiger partial charge in [-0.2, -0.15) is 13.2 Å². The van der Waals surface area contributed by atoms with Crippen molar-refractivity contribution in [2.45, 2.75) is 25.8 Å². The van der Waals surface area contributed by atoms with E-state index in [9.17, 15) is 18.0 Å². The van der Waals surface area contributed by atoms with Crippen LogP contribution in [0.25, 0.3) is 6.08 Å². The van der Waals surface area contributed by atoms with Gasteiger partial charge in [0.1, 0.15) is 11.3 Å². The van der Waals surface area contributed by atoms with Crippen molar-refractivity contribution in [1.82, 2.24) is 0 Å². The van der Waals surface area contributed by atoms with Crippen molar-refractivity contribution in [1.29, 1.82) is 0 Å². The topological polar surface area (TPSA) is 44.8 Å². The molecule has 0 fully saturated rings. The number of rotatable bonds is 4. The van der Waals surface area contributed by atoms with Gasteiger partial charge in [0.05, 0.1) is 6.61 Å². The molecule has 1 atom stereocenters. The number of alkyl halides is 3. The second-order valence-corrected chi connectivity index (χ2v) is 4.47. The Morgan fingerprint density at radius 2 is 1.91 bits per heavy atom. The largest absolute Gasteiger partial charge is 0.462 e. The highest BCUT2D eigenvalue weighted by Crippen LogP contribution is 2.46. The van der Waals surface area contributed by atoms with E-state index in [1.165, 1.54) is 26.0 Å². The number of ether oxygens (including phenoxy) is 3. The van der Waals surface area contributed by atoms with Crippen molar-refractivity contribution in [3.63, 3.8) is 0 Å². The van der Waals surface area contributed by atoms with Gasteiger partial charge in [-0.05, 0) is 26.0 Å². The first-order valence-electron chi connectivity index (χ1n) is 6.73. The van der Waals surface area contributed by atoms with Gasteiger partial charge in [0.25, 0.3) is 0 Å². The summed E-state index contributed by atoms with van der Waals surface area (Å²) in [6, 6.07) is 6.09. The van der Waals surface area contributed by atoms with Gasteiger partial charge in [-0.25, -0.2) is 4.79 Å². The number of carbonyl (C=O) groups is 1. The van der Waals surface area contributed by atoms with Crippen LogP contribution >= 0.6 is 0 Å². The highest BCUT2D eigenvalue weighted by Gasteiger charge is 2.65. The van der Waals surface area contributed by atoms with Crippen LogP contribution in [-0.2, 0) is 14.3 Å². The summed E-state index contributed by atoms with van der Waals surface area (Å²) >= 11 is 0. The van der Waals surface area contributed by atoms with Crippen molar-refractivity contribution in [3.05, 3.63) is 35.4 Å². The highest BCUT2D eigenvalue weighted by molar-refractivity contribution is 5.97. The van der Waals surface area contributed by atoms with E-state index in [1.54, 1.807) is 12.1 Å². The van der Waals surface area contributed by atoms with Crippen LogP contribution < -0.4 is 4.74 Å². The molecule has 1 aromatic carbocycles. The SMILES string of the molecule is CCOC(=O)C1=Cc2ccccc2O[C@]1(OCC)C(F)(F)F. The van der Waals surface area contributed by atoms with Gasteiger partial charge in [0.15, 0.2) is 0 Å². The molecule has 0 aromatic heterocycles. The molecule has 1 heterocycles. The van der Waals surface area contributed by atoms with Crippen molar-refractivity contribution >= 4 is 12.0 Å². The third-order valence-corrected chi connectivity index (χ3v) is 3.04. The molecule has 1 aromatic rings. The first kappa shape index (κ1) is 16.4. The van der Waals surface area contributed by atoms with Crippen LogP contribution in [0.15, 0.2) is 29.8 Å². The second kappa shape index (κ2) is 6.00. The molecule has 0 saturated heterocycles. The van der Waals surface area contributed by atoms with E-state index >= 15 is 0 Å². The molecule has 0 amide bonds. The van der Waals surface area contributed by atoms with Gasteiger partial charge in [-0.15, -0.1) is 0 Å². The summed E-state index contributed by atoms with van der Waals surface area (Å²) in [7, 11) is 0. The highest BCUT2D eigenvalue weighted by atomic mass is 19.4. The summed E-state index contributed by atoms with van der Waals surface area (Å²) in [5, 5.41) is 0. The Hall–Kier alpha value is -2.02. The average Bonchev–Trinajstić information content (AvgIpc) is 2.45. The second-order valence-electron chi connectivity index (χ2n) is 4.47. The maximum absolute atomic E-state index is 13.6. The maximum atomic E-state index is 13.6. The van der Waals surface area contributed by atoms with E-state index in [-0.39, 0.29) is 19.0 Å². The molecule has 4 nitrogen and oxygen atoms in total. The Labute approximate surface area is 125 Å². The molecule has 1 aliphatic heterocycles. The van der Waals surface area contributed by atoms with E-state index in [1.807, 2.05) is 0 Å². The first-order chi connectivity index (χ1) is 10.4. The predicted molar refractivity (Wildman–Crippen MR) is 72.1 cm³/mol. The first-order valence-corrected chi connectivity index (χ1v) is 6.73. The molecular weight excluding hydrogens is 301 g/mol. The van der Waals surface area contributed by atoms with Gasteiger partial charge in [0.2, 0.25) is 0 Å². The zero-order valence-electron chi connectivity index (χ0n) is 12.1. The fourth-order valence-electron chi connectivity index (χ4n) is 2.16. The smallest absolute Gasteiger partial charge is 0.460 e. The minimum Gasteiger partial charge on any atom is -0.462 e. The Morgan fingerprint density at radius 1 is 1.23 bits per heavy atom. The molecule has 0 radical (unpaired) electrons. The number of para-hydroxylation sites is 1. The number of hydrogen-bond acceptors (Lipinski definition) is 4. The van der Waals surface area contributed by atoms with Gasteiger partial charge in [-0.1, -0.05) is 18.2 Å². The Morgan fingerprint density at radius 3 is 2.50 bits per heavy atom.